The zero-order valence-corrected chi connectivity index (χ0v) is 17.7. The van der Waals surface area contributed by atoms with E-state index in [1.165, 1.54) is 12.5 Å². The normalized spacial score (nSPS) is 19.5. The molecule has 2 aromatic carbocycles. The van der Waals surface area contributed by atoms with Gasteiger partial charge in [0.25, 0.3) is 0 Å². The van der Waals surface area contributed by atoms with Crippen LogP contribution < -0.4 is 0 Å². The molecule has 138 valence electrons. The fourth-order valence-electron chi connectivity index (χ4n) is 3.27. The molecule has 1 heterocycles. The molecule has 2 aromatic rings. The molecule has 0 aliphatic carbocycles. The van der Waals surface area contributed by atoms with Crippen molar-refractivity contribution in [1.29, 1.82) is 0 Å². The minimum Gasteiger partial charge on any atom is -0.306 e. The van der Waals surface area contributed by atoms with Crippen molar-refractivity contribution in [2.24, 2.45) is 16.8 Å². The maximum atomic E-state index is 14.1. The molecule has 1 fully saturated rings. The van der Waals surface area contributed by atoms with Crippen molar-refractivity contribution in [3.63, 3.8) is 0 Å². The molecule has 3 rings (SSSR count). The Morgan fingerprint density at radius 3 is 2.73 bits per heavy atom. The van der Waals surface area contributed by atoms with Crippen LogP contribution in [0.2, 0.25) is 0 Å². The quantitative estimate of drug-likeness (QED) is 0.554. The number of amidine groups is 1. The fraction of sp³-hybridized carbons (Fsp3) is 0.400. The standard InChI is InChI=1S/C20H23FN2S3/c1-13(2)10-14-11-23(20(24)25-3)19(26-12-14)22-18-9-8-17(21)15-6-4-5-7-16(15)18/h4-9,13-14H,10-12H2,1-3H3. The summed E-state index contributed by atoms with van der Waals surface area (Å²) in [4.78, 5) is 7.04. The summed E-state index contributed by atoms with van der Waals surface area (Å²) in [6.07, 6.45) is 3.19. The van der Waals surface area contributed by atoms with Crippen molar-refractivity contribution in [3.8, 4) is 0 Å². The maximum Gasteiger partial charge on any atom is 0.169 e. The minimum atomic E-state index is -0.214. The first-order valence-electron chi connectivity index (χ1n) is 8.73. The molecule has 0 saturated carbocycles. The lowest BCUT2D eigenvalue weighted by atomic mass is 9.98. The second kappa shape index (κ2) is 8.72. The molecule has 26 heavy (non-hydrogen) atoms. The molecule has 0 radical (unpaired) electrons. The van der Waals surface area contributed by atoms with Crippen LogP contribution in [0.3, 0.4) is 0 Å². The number of rotatable bonds is 3. The SMILES string of the molecule is CSC(=S)N1CC(CC(C)C)CSC1=Nc1ccc(F)c2ccccc12. The van der Waals surface area contributed by atoms with Gasteiger partial charge in [-0.1, -0.05) is 73.9 Å². The number of halogens is 1. The second-order valence-corrected chi connectivity index (χ2v) is 9.32. The summed E-state index contributed by atoms with van der Waals surface area (Å²) in [6.45, 7) is 5.43. The van der Waals surface area contributed by atoms with Gasteiger partial charge < -0.3 is 4.90 Å². The van der Waals surface area contributed by atoms with Gasteiger partial charge in [-0.3, -0.25) is 0 Å². The summed E-state index contributed by atoms with van der Waals surface area (Å²) in [7, 11) is 0. The van der Waals surface area contributed by atoms with Gasteiger partial charge >= 0.3 is 0 Å². The molecular weight excluding hydrogens is 383 g/mol. The van der Waals surface area contributed by atoms with Crippen LogP contribution in [0.4, 0.5) is 10.1 Å². The third kappa shape index (κ3) is 4.41. The molecule has 0 bridgehead atoms. The Kier molecular flexibility index (Phi) is 6.59. The summed E-state index contributed by atoms with van der Waals surface area (Å²) < 4.78 is 14.9. The Morgan fingerprint density at radius 1 is 1.31 bits per heavy atom. The Balaban J connectivity index is 1.96. The molecule has 2 nitrogen and oxygen atoms in total. The van der Waals surface area contributed by atoms with E-state index in [4.69, 9.17) is 17.2 Å². The van der Waals surface area contributed by atoms with Crippen LogP contribution in [0.5, 0.6) is 0 Å². The van der Waals surface area contributed by atoms with Gasteiger partial charge in [-0.15, -0.1) is 0 Å². The Labute approximate surface area is 168 Å². The summed E-state index contributed by atoms with van der Waals surface area (Å²) in [6, 6.07) is 10.7. The zero-order valence-electron chi connectivity index (χ0n) is 15.2. The molecule has 1 aliphatic rings. The lowest BCUT2D eigenvalue weighted by Crippen LogP contribution is -2.41. The largest absolute Gasteiger partial charge is 0.306 e. The van der Waals surface area contributed by atoms with E-state index in [-0.39, 0.29) is 5.82 Å². The molecule has 0 N–H and O–H groups in total. The Morgan fingerprint density at radius 2 is 2.04 bits per heavy atom. The summed E-state index contributed by atoms with van der Waals surface area (Å²) in [5, 5.41) is 2.35. The number of hydrogen-bond donors (Lipinski definition) is 0. The van der Waals surface area contributed by atoms with Crippen molar-refractivity contribution < 1.29 is 4.39 Å². The number of thiocarbonyl (C=S) groups is 1. The summed E-state index contributed by atoms with van der Waals surface area (Å²) in [5.41, 5.74) is 0.792. The van der Waals surface area contributed by atoms with E-state index >= 15 is 0 Å². The molecule has 1 unspecified atom stereocenters. The lowest BCUT2D eigenvalue weighted by Gasteiger charge is -2.35. The Bertz CT molecular complexity index is 835. The molecule has 1 atom stereocenters. The van der Waals surface area contributed by atoms with E-state index in [1.807, 2.05) is 24.5 Å². The smallest absolute Gasteiger partial charge is 0.169 e. The number of fused-ring (bicyclic) bond motifs is 1. The highest BCUT2D eigenvalue weighted by atomic mass is 32.2. The first kappa shape index (κ1) is 19.6. The van der Waals surface area contributed by atoms with Crippen LogP contribution >= 0.6 is 35.7 Å². The third-order valence-electron chi connectivity index (χ3n) is 4.38. The molecular formula is C20H23FN2S3. The van der Waals surface area contributed by atoms with Crippen molar-refractivity contribution in [2.45, 2.75) is 20.3 Å². The number of nitrogens with zero attached hydrogens (tertiary/aromatic N) is 2. The van der Waals surface area contributed by atoms with Gasteiger partial charge in [0.15, 0.2) is 5.17 Å². The van der Waals surface area contributed by atoms with Crippen molar-refractivity contribution >= 4 is 61.7 Å². The molecule has 0 spiro atoms. The van der Waals surface area contributed by atoms with Gasteiger partial charge in [0, 0.05) is 23.1 Å². The van der Waals surface area contributed by atoms with E-state index in [2.05, 4.69) is 18.7 Å². The van der Waals surface area contributed by atoms with Gasteiger partial charge in [-0.25, -0.2) is 9.38 Å². The van der Waals surface area contributed by atoms with E-state index < -0.39 is 0 Å². The van der Waals surface area contributed by atoms with E-state index in [0.29, 0.717) is 17.2 Å². The van der Waals surface area contributed by atoms with Crippen molar-refractivity contribution in [3.05, 3.63) is 42.2 Å². The van der Waals surface area contributed by atoms with Crippen LogP contribution in [0, 0.1) is 17.7 Å². The summed E-state index contributed by atoms with van der Waals surface area (Å²) in [5.74, 6) is 2.11. The number of hydrogen-bond acceptors (Lipinski definition) is 4. The van der Waals surface area contributed by atoms with Gasteiger partial charge in [-0.05, 0) is 36.6 Å². The number of aliphatic imine (C=N–C) groups is 1. The second-order valence-electron chi connectivity index (χ2n) is 6.89. The van der Waals surface area contributed by atoms with Crippen molar-refractivity contribution in [2.75, 3.05) is 18.6 Å². The van der Waals surface area contributed by atoms with Crippen LogP contribution in [-0.2, 0) is 0 Å². The van der Waals surface area contributed by atoms with Crippen LogP contribution in [0.25, 0.3) is 10.8 Å². The van der Waals surface area contributed by atoms with E-state index in [0.717, 1.165) is 32.9 Å². The average Bonchev–Trinajstić information content (AvgIpc) is 2.64. The predicted octanol–water partition coefficient (Wildman–Crippen LogP) is 6.33. The van der Waals surface area contributed by atoms with Gasteiger partial charge in [0.2, 0.25) is 0 Å². The van der Waals surface area contributed by atoms with E-state index in [9.17, 15) is 4.39 Å². The van der Waals surface area contributed by atoms with Crippen LogP contribution in [-0.4, -0.2) is 32.9 Å². The predicted molar refractivity (Wildman–Crippen MR) is 119 cm³/mol. The third-order valence-corrected chi connectivity index (χ3v) is 6.88. The first-order chi connectivity index (χ1) is 12.5. The Hall–Kier alpha value is -1.11. The van der Waals surface area contributed by atoms with Gasteiger partial charge in [0.05, 0.1) is 5.69 Å². The maximum absolute atomic E-state index is 14.1. The monoisotopic (exact) mass is 406 g/mol. The topological polar surface area (TPSA) is 15.6 Å². The highest BCUT2D eigenvalue weighted by molar-refractivity contribution is 8.23. The number of thioether (sulfide) groups is 2. The first-order valence-corrected chi connectivity index (χ1v) is 11.4. The number of benzene rings is 2. The zero-order chi connectivity index (χ0) is 18.7. The minimum absolute atomic E-state index is 0.214. The molecule has 0 aromatic heterocycles. The average molecular weight is 407 g/mol. The van der Waals surface area contributed by atoms with Gasteiger partial charge in [0.1, 0.15) is 10.1 Å². The van der Waals surface area contributed by atoms with Crippen LogP contribution in [0.1, 0.15) is 20.3 Å². The fourth-order valence-corrected chi connectivity index (χ4v) is 5.04. The summed E-state index contributed by atoms with van der Waals surface area (Å²) >= 11 is 8.92. The highest BCUT2D eigenvalue weighted by Crippen LogP contribution is 2.33. The van der Waals surface area contributed by atoms with E-state index in [1.54, 1.807) is 35.7 Å². The van der Waals surface area contributed by atoms with Gasteiger partial charge in [-0.2, -0.15) is 0 Å². The molecule has 1 saturated heterocycles. The van der Waals surface area contributed by atoms with Crippen molar-refractivity contribution in [1.82, 2.24) is 4.90 Å². The molecule has 1 aliphatic heterocycles. The molecule has 6 heteroatoms. The highest BCUT2D eigenvalue weighted by Gasteiger charge is 2.28. The van der Waals surface area contributed by atoms with Crippen LogP contribution in [0.15, 0.2) is 41.4 Å². The lowest BCUT2D eigenvalue weighted by molar-refractivity contribution is 0.389. The molecule has 0 amide bonds.